The summed E-state index contributed by atoms with van der Waals surface area (Å²) in [5.74, 6) is 0. The molecule has 22 heavy (non-hydrogen) atoms. The average molecular weight is 325 g/mol. The molecule has 1 aliphatic heterocycles. The third-order valence-corrected chi connectivity index (χ3v) is 5.67. The van der Waals surface area contributed by atoms with E-state index in [1.54, 1.807) is 12.1 Å². The number of rotatable bonds is 5. The molecular formula is C16H27N3O2S. The lowest BCUT2D eigenvalue weighted by molar-refractivity contribution is 0.130. The van der Waals surface area contributed by atoms with Crippen LogP contribution in [0.15, 0.2) is 29.2 Å². The Morgan fingerprint density at radius 2 is 1.64 bits per heavy atom. The van der Waals surface area contributed by atoms with Crippen LogP contribution in [-0.4, -0.2) is 63.5 Å². The first kappa shape index (κ1) is 17.4. The van der Waals surface area contributed by atoms with Crippen molar-refractivity contribution < 1.29 is 8.42 Å². The molecule has 1 heterocycles. The molecule has 0 spiro atoms. The molecular weight excluding hydrogens is 298 g/mol. The van der Waals surface area contributed by atoms with Gasteiger partial charge in [0, 0.05) is 38.3 Å². The van der Waals surface area contributed by atoms with Crippen LogP contribution in [0.3, 0.4) is 0 Å². The molecule has 2 rings (SSSR count). The minimum atomic E-state index is -3.48. The fourth-order valence-electron chi connectivity index (χ4n) is 2.74. The van der Waals surface area contributed by atoms with Crippen LogP contribution in [0.4, 0.5) is 0 Å². The Bertz CT molecular complexity index is 588. The van der Waals surface area contributed by atoms with Crippen LogP contribution in [0.2, 0.25) is 0 Å². The third kappa shape index (κ3) is 4.78. The van der Waals surface area contributed by atoms with Gasteiger partial charge in [0.15, 0.2) is 0 Å². The monoisotopic (exact) mass is 325 g/mol. The van der Waals surface area contributed by atoms with Gasteiger partial charge in [0.2, 0.25) is 10.0 Å². The first-order chi connectivity index (χ1) is 10.2. The van der Waals surface area contributed by atoms with Gasteiger partial charge in [-0.05, 0) is 40.0 Å². The number of nitrogens with zero attached hydrogens (tertiary/aromatic N) is 2. The van der Waals surface area contributed by atoms with Crippen molar-refractivity contribution in [3.05, 3.63) is 29.8 Å². The van der Waals surface area contributed by atoms with Crippen molar-refractivity contribution >= 4 is 10.0 Å². The van der Waals surface area contributed by atoms with Crippen molar-refractivity contribution in [1.29, 1.82) is 0 Å². The molecule has 0 aromatic heterocycles. The molecule has 1 fully saturated rings. The van der Waals surface area contributed by atoms with Crippen LogP contribution in [0.5, 0.6) is 0 Å². The summed E-state index contributed by atoms with van der Waals surface area (Å²) >= 11 is 0. The molecule has 1 saturated heterocycles. The van der Waals surface area contributed by atoms with E-state index in [0.29, 0.717) is 11.4 Å². The second-order valence-electron chi connectivity index (χ2n) is 6.88. The molecule has 124 valence electrons. The largest absolute Gasteiger partial charge is 0.304 e. The number of likely N-dealkylation sites (N-methyl/N-ethyl adjacent to an activating group) is 1. The van der Waals surface area contributed by atoms with Gasteiger partial charge in [-0.3, -0.25) is 4.90 Å². The topological polar surface area (TPSA) is 52.7 Å². The van der Waals surface area contributed by atoms with E-state index in [1.807, 2.05) is 32.9 Å². The zero-order valence-electron chi connectivity index (χ0n) is 14.0. The quantitative estimate of drug-likeness (QED) is 0.887. The smallest absolute Gasteiger partial charge is 0.241 e. The summed E-state index contributed by atoms with van der Waals surface area (Å²) in [5.41, 5.74) is 0.551. The van der Waals surface area contributed by atoms with E-state index in [-0.39, 0.29) is 0 Å². The summed E-state index contributed by atoms with van der Waals surface area (Å²) in [6, 6.07) is 6.96. The predicted molar refractivity (Wildman–Crippen MR) is 89.5 cm³/mol. The zero-order chi connectivity index (χ0) is 16.4. The second-order valence-corrected chi connectivity index (χ2v) is 8.56. The van der Waals surface area contributed by atoms with Gasteiger partial charge in [-0.25, -0.2) is 13.1 Å². The van der Waals surface area contributed by atoms with Gasteiger partial charge in [0.05, 0.1) is 4.90 Å². The highest BCUT2D eigenvalue weighted by Crippen LogP contribution is 2.15. The molecule has 1 aromatic rings. The first-order valence-electron chi connectivity index (χ1n) is 7.69. The maximum atomic E-state index is 12.5. The number of hydrogen-bond donors (Lipinski definition) is 1. The first-order valence-corrected chi connectivity index (χ1v) is 9.18. The summed E-state index contributed by atoms with van der Waals surface area (Å²) in [4.78, 5) is 4.93. The van der Waals surface area contributed by atoms with Crippen molar-refractivity contribution in [3.8, 4) is 0 Å². The minimum Gasteiger partial charge on any atom is -0.304 e. The lowest BCUT2D eigenvalue weighted by atomic mass is 10.1. The van der Waals surface area contributed by atoms with E-state index < -0.39 is 15.6 Å². The maximum absolute atomic E-state index is 12.5. The van der Waals surface area contributed by atoms with Gasteiger partial charge in [0.1, 0.15) is 0 Å². The lowest BCUT2D eigenvalue weighted by Crippen LogP contribution is -2.55. The number of hydrogen-bond acceptors (Lipinski definition) is 4. The highest BCUT2D eigenvalue weighted by atomic mass is 32.2. The SMILES string of the molecule is Cc1ccc(S(=O)(=O)NC(C)(C)CN2CCN(C)CC2)cc1. The molecule has 0 unspecified atom stereocenters. The summed E-state index contributed by atoms with van der Waals surface area (Å²) in [5, 5.41) is 0. The molecule has 1 aliphatic rings. The molecule has 6 heteroatoms. The van der Waals surface area contributed by atoms with Crippen LogP contribution in [0, 0.1) is 6.92 Å². The fourth-order valence-corrected chi connectivity index (χ4v) is 4.14. The van der Waals surface area contributed by atoms with Crippen LogP contribution < -0.4 is 4.72 Å². The van der Waals surface area contributed by atoms with Crippen LogP contribution in [-0.2, 0) is 10.0 Å². The van der Waals surface area contributed by atoms with Crippen molar-refractivity contribution in [2.45, 2.75) is 31.2 Å². The molecule has 1 N–H and O–H groups in total. The van der Waals surface area contributed by atoms with Crippen LogP contribution in [0.25, 0.3) is 0 Å². The van der Waals surface area contributed by atoms with Gasteiger partial charge in [-0.2, -0.15) is 0 Å². The van der Waals surface area contributed by atoms with Gasteiger partial charge < -0.3 is 4.90 Å². The Morgan fingerprint density at radius 1 is 1.09 bits per heavy atom. The van der Waals surface area contributed by atoms with Crippen molar-refractivity contribution in [1.82, 2.24) is 14.5 Å². The second kappa shape index (κ2) is 6.66. The Hall–Kier alpha value is -0.950. The molecule has 1 aromatic carbocycles. The Kier molecular flexibility index (Phi) is 5.27. The summed E-state index contributed by atoms with van der Waals surface area (Å²) < 4.78 is 27.9. The van der Waals surface area contributed by atoms with E-state index >= 15 is 0 Å². The summed E-state index contributed by atoms with van der Waals surface area (Å²) in [7, 11) is -1.37. The lowest BCUT2D eigenvalue weighted by Gasteiger charge is -2.37. The summed E-state index contributed by atoms with van der Waals surface area (Å²) in [6.45, 7) is 10.6. The molecule has 0 atom stereocenters. The van der Waals surface area contributed by atoms with Crippen LogP contribution in [0.1, 0.15) is 19.4 Å². The normalized spacial score (nSPS) is 18.5. The highest BCUT2D eigenvalue weighted by Gasteiger charge is 2.29. The number of aryl methyl sites for hydroxylation is 1. The van der Waals surface area contributed by atoms with Gasteiger partial charge in [0.25, 0.3) is 0 Å². The average Bonchev–Trinajstić information content (AvgIpc) is 2.40. The maximum Gasteiger partial charge on any atom is 0.241 e. The van der Waals surface area contributed by atoms with E-state index in [9.17, 15) is 8.42 Å². The number of nitrogens with one attached hydrogen (secondary N) is 1. The standard InChI is InChI=1S/C16H27N3O2S/c1-14-5-7-15(8-6-14)22(20,21)17-16(2,3)13-19-11-9-18(4)10-12-19/h5-8,17H,9-13H2,1-4H3. The third-order valence-electron chi connectivity index (χ3n) is 3.96. The van der Waals surface area contributed by atoms with Crippen molar-refractivity contribution in [2.24, 2.45) is 0 Å². The molecule has 0 amide bonds. The van der Waals surface area contributed by atoms with Gasteiger partial charge in [-0.1, -0.05) is 17.7 Å². The molecule has 0 radical (unpaired) electrons. The number of benzene rings is 1. The van der Waals surface area contributed by atoms with Crippen molar-refractivity contribution in [2.75, 3.05) is 39.8 Å². The van der Waals surface area contributed by atoms with Crippen molar-refractivity contribution in [3.63, 3.8) is 0 Å². The zero-order valence-corrected chi connectivity index (χ0v) is 14.8. The molecule has 0 saturated carbocycles. The van der Waals surface area contributed by atoms with Crippen LogP contribution >= 0.6 is 0 Å². The molecule has 0 bridgehead atoms. The number of piperazine rings is 1. The predicted octanol–water partition coefficient (Wildman–Crippen LogP) is 1.30. The summed E-state index contributed by atoms with van der Waals surface area (Å²) in [6.07, 6.45) is 0. The van der Waals surface area contributed by atoms with E-state index in [4.69, 9.17) is 0 Å². The van der Waals surface area contributed by atoms with Gasteiger partial charge in [-0.15, -0.1) is 0 Å². The van der Waals surface area contributed by atoms with E-state index in [1.165, 1.54) is 0 Å². The molecule has 0 aliphatic carbocycles. The highest BCUT2D eigenvalue weighted by molar-refractivity contribution is 7.89. The Balaban J connectivity index is 2.02. The van der Waals surface area contributed by atoms with Gasteiger partial charge >= 0.3 is 0 Å². The van der Waals surface area contributed by atoms with E-state index in [2.05, 4.69) is 21.6 Å². The number of sulfonamides is 1. The molecule has 5 nitrogen and oxygen atoms in total. The van der Waals surface area contributed by atoms with E-state index in [0.717, 1.165) is 31.7 Å². The minimum absolute atomic E-state index is 0.324. The Morgan fingerprint density at radius 3 is 2.18 bits per heavy atom. The Labute approximate surface area is 134 Å². The fraction of sp³-hybridized carbons (Fsp3) is 0.625.